The third-order valence-electron chi connectivity index (χ3n) is 6.16. The Morgan fingerprint density at radius 1 is 0.966 bits per heavy atom. The molecule has 0 fully saturated rings. The number of allylic oxidation sites excluding steroid dienone is 1. The molecule has 0 radical (unpaired) electrons. The largest absolute Gasteiger partial charge is 0.497 e. The first kappa shape index (κ1) is 18.0. The predicted molar refractivity (Wildman–Crippen MR) is 118 cm³/mol. The second-order valence-corrected chi connectivity index (χ2v) is 8.94. The molecule has 0 unspecified atom stereocenters. The first-order valence-electron chi connectivity index (χ1n) is 10.2. The van der Waals surface area contributed by atoms with Gasteiger partial charge in [-0.1, -0.05) is 50.2 Å². The van der Waals surface area contributed by atoms with Gasteiger partial charge in [-0.3, -0.25) is 4.79 Å². The van der Waals surface area contributed by atoms with Gasteiger partial charge in [-0.15, -0.1) is 0 Å². The first-order chi connectivity index (χ1) is 13.9. The number of benzene rings is 3. The van der Waals surface area contributed by atoms with Crippen molar-refractivity contribution in [3.8, 4) is 5.75 Å². The van der Waals surface area contributed by atoms with Crippen LogP contribution in [0.2, 0.25) is 0 Å². The van der Waals surface area contributed by atoms with Crippen LogP contribution >= 0.6 is 0 Å². The van der Waals surface area contributed by atoms with E-state index in [4.69, 9.17) is 4.74 Å². The summed E-state index contributed by atoms with van der Waals surface area (Å²) < 4.78 is 5.33. The van der Waals surface area contributed by atoms with Gasteiger partial charge < -0.3 is 10.1 Å². The Bertz CT molecular complexity index is 1160. The Morgan fingerprint density at radius 2 is 1.66 bits per heavy atom. The zero-order valence-electron chi connectivity index (χ0n) is 17.1. The van der Waals surface area contributed by atoms with Crippen LogP contribution in [0.15, 0.2) is 66.2 Å². The number of carbonyl (C=O) groups excluding carboxylic acids is 1. The molecule has 1 aliphatic carbocycles. The lowest BCUT2D eigenvalue weighted by molar-refractivity contribution is -0.116. The van der Waals surface area contributed by atoms with Gasteiger partial charge in [0.05, 0.1) is 13.2 Å². The monoisotopic (exact) mass is 383 g/mol. The molecule has 0 amide bonds. The summed E-state index contributed by atoms with van der Waals surface area (Å²) in [5.74, 6) is 1.10. The van der Waals surface area contributed by atoms with Crippen LogP contribution in [-0.2, 0) is 4.79 Å². The summed E-state index contributed by atoms with van der Waals surface area (Å²) in [7, 11) is 1.68. The van der Waals surface area contributed by atoms with Crippen molar-refractivity contribution < 1.29 is 9.53 Å². The second-order valence-electron chi connectivity index (χ2n) is 8.94. The number of hydrogen-bond acceptors (Lipinski definition) is 3. The number of ketones is 1. The molecule has 5 rings (SSSR count). The number of nitrogens with one attached hydrogen (secondary N) is 1. The van der Waals surface area contributed by atoms with Crippen molar-refractivity contribution in [1.29, 1.82) is 0 Å². The molecular weight excluding hydrogens is 358 g/mol. The van der Waals surface area contributed by atoms with Crippen LogP contribution in [0.3, 0.4) is 0 Å². The van der Waals surface area contributed by atoms with E-state index in [0.29, 0.717) is 6.42 Å². The molecule has 1 atom stereocenters. The molecule has 3 nitrogen and oxygen atoms in total. The molecule has 2 aliphatic rings. The molecule has 3 aromatic carbocycles. The normalized spacial score (nSPS) is 20.1. The van der Waals surface area contributed by atoms with Gasteiger partial charge in [-0.05, 0) is 58.0 Å². The topological polar surface area (TPSA) is 38.3 Å². The molecular formula is C26H25NO2. The van der Waals surface area contributed by atoms with Crippen LogP contribution in [0.4, 0.5) is 5.69 Å². The summed E-state index contributed by atoms with van der Waals surface area (Å²) >= 11 is 0. The van der Waals surface area contributed by atoms with Crippen LogP contribution in [-0.4, -0.2) is 12.9 Å². The highest BCUT2D eigenvalue weighted by Gasteiger charge is 2.40. The minimum atomic E-state index is -0.0311. The van der Waals surface area contributed by atoms with Crippen molar-refractivity contribution in [2.75, 3.05) is 12.4 Å². The van der Waals surface area contributed by atoms with E-state index < -0.39 is 0 Å². The summed E-state index contributed by atoms with van der Waals surface area (Å²) in [5, 5.41) is 6.10. The number of ether oxygens (including phenoxy) is 1. The molecule has 1 N–H and O–H groups in total. The Hall–Kier alpha value is -3.07. The first-order valence-corrected chi connectivity index (χ1v) is 10.2. The highest BCUT2D eigenvalue weighted by atomic mass is 16.5. The van der Waals surface area contributed by atoms with E-state index in [9.17, 15) is 4.79 Å². The average Bonchev–Trinajstić information content (AvgIpc) is 2.70. The zero-order valence-corrected chi connectivity index (χ0v) is 17.1. The van der Waals surface area contributed by atoms with E-state index in [1.54, 1.807) is 7.11 Å². The smallest absolute Gasteiger partial charge is 0.164 e. The number of Topliss-reactive ketones (excluding diaryl/α,β-unsaturated/α-hetero) is 1. The maximum atomic E-state index is 13.3. The number of rotatable bonds is 2. The standard InChI is InChI=1S/C26H25NO2/c1-26(2)14-21-24(23(28)15-26)20-12-17-6-4-5-7-18(17)13-22(20)27-25(21)16-8-10-19(29-3)11-9-16/h4-13,25,27H,14-15H2,1-3H3/t25-/m0/s1. The maximum Gasteiger partial charge on any atom is 0.164 e. The fourth-order valence-corrected chi connectivity index (χ4v) is 4.83. The molecule has 0 aromatic heterocycles. The summed E-state index contributed by atoms with van der Waals surface area (Å²) in [6, 6.07) is 20.9. The Balaban J connectivity index is 1.73. The van der Waals surface area contributed by atoms with Crippen molar-refractivity contribution in [3.05, 3.63) is 77.4 Å². The van der Waals surface area contributed by atoms with Crippen LogP contribution in [0, 0.1) is 5.41 Å². The highest BCUT2D eigenvalue weighted by Crippen LogP contribution is 2.50. The number of carbonyl (C=O) groups is 1. The molecule has 146 valence electrons. The fraction of sp³-hybridized carbons (Fsp3) is 0.269. The van der Waals surface area contributed by atoms with Crippen LogP contribution < -0.4 is 10.1 Å². The number of fused-ring (bicyclic) bond motifs is 3. The molecule has 3 heteroatoms. The molecule has 0 bridgehead atoms. The lowest BCUT2D eigenvalue weighted by Gasteiger charge is -2.40. The highest BCUT2D eigenvalue weighted by molar-refractivity contribution is 6.25. The van der Waals surface area contributed by atoms with Gasteiger partial charge in [0.15, 0.2) is 5.78 Å². The fourth-order valence-electron chi connectivity index (χ4n) is 4.83. The molecule has 1 heterocycles. The Labute approximate surface area is 171 Å². The van der Waals surface area contributed by atoms with E-state index in [0.717, 1.165) is 34.6 Å². The number of hydrogen-bond donors (Lipinski definition) is 1. The zero-order chi connectivity index (χ0) is 20.2. The minimum Gasteiger partial charge on any atom is -0.497 e. The minimum absolute atomic E-state index is 0.00640. The third kappa shape index (κ3) is 3.02. The van der Waals surface area contributed by atoms with E-state index in [1.165, 1.54) is 16.3 Å². The van der Waals surface area contributed by atoms with Gasteiger partial charge in [0, 0.05) is 23.2 Å². The van der Waals surface area contributed by atoms with E-state index in [2.05, 4.69) is 61.6 Å². The van der Waals surface area contributed by atoms with E-state index in [1.807, 2.05) is 18.2 Å². The summed E-state index contributed by atoms with van der Waals surface area (Å²) in [6.45, 7) is 4.38. The van der Waals surface area contributed by atoms with E-state index >= 15 is 0 Å². The van der Waals surface area contributed by atoms with Gasteiger partial charge in [0.25, 0.3) is 0 Å². The molecule has 3 aromatic rings. The molecule has 1 aliphatic heterocycles. The quantitative estimate of drug-likeness (QED) is 0.576. The molecule has 0 spiro atoms. The third-order valence-corrected chi connectivity index (χ3v) is 6.16. The summed E-state index contributed by atoms with van der Waals surface area (Å²) in [6.07, 6.45) is 1.50. The molecule has 0 saturated heterocycles. The average molecular weight is 383 g/mol. The van der Waals surface area contributed by atoms with Gasteiger partial charge >= 0.3 is 0 Å². The van der Waals surface area contributed by atoms with Crippen molar-refractivity contribution in [2.24, 2.45) is 5.41 Å². The lowest BCUT2D eigenvalue weighted by Crippen LogP contribution is -2.32. The number of anilines is 1. The number of methoxy groups -OCH3 is 1. The maximum absolute atomic E-state index is 13.3. The van der Waals surface area contributed by atoms with Gasteiger partial charge in [-0.25, -0.2) is 0 Å². The van der Waals surface area contributed by atoms with Crippen molar-refractivity contribution in [2.45, 2.75) is 32.7 Å². The summed E-state index contributed by atoms with van der Waals surface area (Å²) in [5.41, 5.74) is 5.34. The van der Waals surface area contributed by atoms with E-state index in [-0.39, 0.29) is 17.2 Å². The van der Waals surface area contributed by atoms with Gasteiger partial charge in [0.2, 0.25) is 0 Å². The molecule has 29 heavy (non-hydrogen) atoms. The molecule has 0 saturated carbocycles. The van der Waals surface area contributed by atoms with Crippen LogP contribution in [0.25, 0.3) is 16.3 Å². The van der Waals surface area contributed by atoms with Gasteiger partial charge in [0.1, 0.15) is 5.75 Å². The summed E-state index contributed by atoms with van der Waals surface area (Å²) in [4.78, 5) is 13.3. The van der Waals surface area contributed by atoms with Gasteiger partial charge in [-0.2, -0.15) is 0 Å². The predicted octanol–water partition coefficient (Wildman–Crippen LogP) is 6.16. The SMILES string of the molecule is COc1ccc([C@@H]2Nc3cc4ccccc4cc3C3=C2CC(C)(C)CC3=O)cc1. The second kappa shape index (κ2) is 6.48. The van der Waals surface area contributed by atoms with Crippen molar-refractivity contribution >= 4 is 27.8 Å². The Kier molecular flexibility index (Phi) is 4.02. The van der Waals surface area contributed by atoms with Crippen LogP contribution in [0.5, 0.6) is 5.75 Å². The van der Waals surface area contributed by atoms with Crippen molar-refractivity contribution in [3.63, 3.8) is 0 Å². The van der Waals surface area contributed by atoms with Crippen molar-refractivity contribution in [1.82, 2.24) is 0 Å². The lowest BCUT2D eigenvalue weighted by atomic mass is 9.68. The Morgan fingerprint density at radius 3 is 2.34 bits per heavy atom. The van der Waals surface area contributed by atoms with Crippen LogP contribution in [0.1, 0.15) is 43.9 Å².